The van der Waals surface area contributed by atoms with Crippen LogP contribution >= 0.6 is 0 Å². The van der Waals surface area contributed by atoms with Crippen molar-refractivity contribution in [3.05, 3.63) is 71.8 Å². The van der Waals surface area contributed by atoms with Gasteiger partial charge >= 0.3 is 0 Å². The summed E-state index contributed by atoms with van der Waals surface area (Å²) >= 11 is 0. The summed E-state index contributed by atoms with van der Waals surface area (Å²) in [6, 6.07) is 21.3. The van der Waals surface area contributed by atoms with Gasteiger partial charge in [0.25, 0.3) is 0 Å². The molecule has 0 spiro atoms. The van der Waals surface area contributed by atoms with Crippen molar-refractivity contribution in [2.75, 3.05) is 13.2 Å². The topological polar surface area (TPSA) is 24.5 Å². The molecule has 1 aliphatic heterocycles. The van der Waals surface area contributed by atoms with Crippen molar-refractivity contribution in [3.63, 3.8) is 0 Å². The molecule has 1 saturated heterocycles. The number of rotatable bonds is 4. The van der Waals surface area contributed by atoms with Crippen molar-refractivity contribution in [2.45, 2.75) is 25.6 Å². The van der Waals surface area contributed by atoms with E-state index < -0.39 is 0 Å². The highest BCUT2D eigenvalue weighted by molar-refractivity contribution is 5.19. The molecule has 0 bridgehead atoms. The van der Waals surface area contributed by atoms with Gasteiger partial charge in [-0.05, 0) is 18.1 Å². The maximum Gasteiger partial charge on any atom is 0.0991 e. The molecule has 3 heteroatoms. The lowest BCUT2D eigenvalue weighted by molar-refractivity contribution is -0.0880. The number of nitrogens with zero attached hydrogens (tertiary/aromatic N) is 1. The third-order valence-electron chi connectivity index (χ3n) is 4.02. The quantitative estimate of drug-likeness (QED) is 0.932. The SMILES string of the molecule is C[C@H]1[C@@H](c2ccccc2)OCCN1NCc1ccccc1. The van der Waals surface area contributed by atoms with Gasteiger partial charge in [0.2, 0.25) is 0 Å². The third kappa shape index (κ3) is 3.50. The number of hydrogen-bond acceptors (Lipinski definition) is 3. The molecule has 3 nitrogen and oxygen atoms in total. The molecule has 1 fully saturated rings. The van der Waals surface area contributed by atoms with Gasteiger partial charge in [-0.3, -0.25) is 5.43 Å². The first-order valence-electron chi connectivity index (χ1n) is 7.55. The molecule has 3 rings (SSSR count). The molecule has 0 amide bonds. The van der Waals surface area contributed by atoms with Gasteiger partial charge in [0.05, 0.1) is 18.8 Å². The number of ether oxygens (including phenoxy) is 1. The molecule has 2 atom stereocenters. The lowest BCUT2D eigenvalue weighted by Crippen LogP contribution is -2.52. The van der Waals surface area contributed by atoms with E-state index in [1.54, 1.807) is 0 Å². The molecule has 2 aromatic carbocycles. The van der Waals surface area contributed by atoms with Crippen LogP contribution in [-0.4, -0.2) is 24.2 Å². The van der Waals surface area contributed by atoms with Crippen molar-refractivity contribution < 1.29 is 4.74 Å². The molecule has 0 radical (unpaired) electrons. The fraction of sp³-hybridized carbons (Fsp3) is 0.333. The van der Waals surface area contributed by atoms with Gasteiger partial charge in [-0.1, -0.05) is 60.7 Å². The zero-order chi connectivity index (χ0) is 14.5. The summed E-state index contributed by atoms with van der Waals surface area (Å²) in [5.74, 6) is 0. The predicted octanol–water partition coefficient (Wildman–Crippen LogP) is 3.15. The van der Waals surface area contributed by atoms with E-state index in [0.29, 0.717) is 6.04 Å². The van der Waals surface area contributed by atoms with Crippen molar-refractivity contribution >= 4 is 0 Å². The van der Waals surface area contributed by atoms with Crippen LogP contribution in [0.1, 0.15) is 24.2 Å². The smallest absolute Gasteiger partial charge is 0.0991 e. The van der Waals surface area contributed by atoms with Crippen LogP contribution < -0.4 is 5.43 Å². The zero-order valence-electron chi connectivity index (χ0n) is 12.4. The number of hydrazine groups is 1. The van der Waals surface area contributed by atoms with E-state index in [9.17, 15) is 0 Å². The van der Waals surface area contributed by atoms with E-state index in [4.69, 9.17) is 4.74 Å². The summed E-state index contributed by atoms with van der Waals surface area (Å²) in [5, 5.41) is 2.30. The van der Waals surface area contributed by atoms with Crippen molar-refractivity contribution in [3.8, 4) is 0 Å². The highest BCUT2D eigenvalue weighted by Crippen LogP contribution is 2.27. The Balaban J connectivity index is 1.64. The Kier molecular flexibility index (Phi) is 4.65. The first-order valence-corrected chi connectivity index (χ1v) is 7.55. The van der Waals surface area contributed by atoms with Crippen LogP contribution in [0.2, 0.25) is 0 Å². The highest BCUT2D eigenvalue weighted by atomic mass is 16.5. The molecule has 0 aromatic heterocycles. The van der Waals surface area contributed by atoms with Crippen LogP contribution in [0.15, 0.2) is 60.7 Å². The Hall–Kier alpha value is -1.68. The van der Waals surface area contributed by atoms with E-state index in [1.807, 2.05) is 12.1 Å². The number of nitrogens with one attached hydrogen (secondary N) is 1. The van der Waals surface area contributed by atoms with Gasteiger partial charge in [-0.15, -0.1) is 0 Å². The van der Waals surface area contributed by atoms with Crippen molar-refractivity contribution in [1.82, 2.24) is 10.4 Å². The van der Waals surface area contributed by atoms with E-state index >= 15 is 0 Å². The first-order chi connectivity index (χ1) is 10.3. The molecule has 1 heterocycles. The van der Waals surface area contributed by atoms with E-state index in [1.165, 1.54) is 11.1 Å². The standard InChI is InChI=1S/C18H22N2O/c1-15-18(17-10-6-3-7-11-17)21-13-12-20(15)19-14-16-8-4-2-5-9-16/h2-11,15,18-19H,12-14H2,1H3/t15-,18-/m0/s1. The third-order valence-corrected chi connectivity index (χ3v) is 4.02. The monoisotopic (exact) mass is 282 g/mol. The molecule has 0 aliphatic carbocycles. The Morgan fingerprint density at radius 2 is 1.71 bits per heavy atom. The Labute approximate surface area is 126 Å². The summed E-state index contributed by atoms with van der Waals surface area (Å²) in [7, 11) is 0. The normalized spacial score (nSPS) is 23.1. The van der Waals surface area contributed by atoms with Crippen LogP contribution in [-0.2, 0) is 11.3 Å². The maximum absolute atomic E-state index is 5.98. The summed E-state index contributed by atoms with van der Waals surface area (Å²) < 4.78 is 5.98. The van der Waals surface area contributed by atoms with Crippen molar-refractivity contribution in [1.29, 1.82) is 0 Å². The van der Waals surface area contributed by atoms with Gasteiger partial charge in [0, 0.05) is 13.1 Å². The lowest BCUT2D eigenvalue weighted by Gasteiger charge is -2.39. The van der Waals surface area contributed by atoms with Crippen LogP contribution in [0, 0.1) is 0 Å². The molecule has 1 N–H and O–H groups in total. The van der Waals surface area contributed by atoms with Crippen LogP contribution in [0.5, 0.6) is 0 Å². The predicted molar refractivity (Wildman–Crippen MR) is 84.6 cm³/mol. The molecule has 2 aromatic rings. The Morgan fingerprint density at radius 3 is 2.43 bits per heavy atom. The summed E-state index contributed by atoms with van der Waals surface area (Å²) in [4.78, 5) is 0. The lowest BCUT2D eigenvalue weighted by atomic mass is 10.0. The summed E-state index contributed by atoms with van der Waals surface area (Å²) in [6.07, 6.45) is 0.128. The molecule has 0 saturated carbocycles. The van der Waals surface area contributed by atoms with Gasteiger partial charge in [0.1, 0.15) is 0 Å². The van der Waals surface area contributed by atoms with Crippen LogP contribution in [0.3, 0.4) is 0 Å². The molecule has 0 unspecified atom stereocenters. The van der Waals surface area contributed by atoms with Gasteiger partial charge in [0.15, 0.2) is 0 Å². The van der Waals surface area contributed by atoms with Gasteiger partial charge in [-0.2, -0.15) is 0 Å². The average Bonchev–Trinajstić information content (AvgIpc) is 2.56. The van der Waals surface area contributed by atoms with Crippen molar-refractivity contribution in [2.24, 2.45) is 0 Å². The van der Waals surface area contributed by atoms with E-state index in [2.05, 4.69) is 65.9 Å². The fourth-order valence-electron chi connectivity index (χ4n) is 2.81. The average molecular weight is 282 g/mol. The first kappa shape index (κ1) is 14.3. The molecular weight excluding hydrogens is 260 g/mol. The van der Waals surface area contributed by atoms with E-state index in [-0.39, 0.29) is 6.10 Å². The van der Waals surface area contributed by atoms with Gasteiger partial charge in [-0.25, -0.2) is 5.01 Å². The van der Waals surface area contributed by atoms with Crippen LogP contribution in [0.4, 0.5) is 0 Å². The number of morpholine rings is 1. The summed E-state index contributed by atoms with van der Waals surface area (Å²) in [5.41, 5.74) is 6.09. The summed E-state index contributed by atoms with van der Waals surface area (Å²) in [6.45, 7) is 4.74. The number of hydrogen-bond donors (Lipinski definition) is 1. The van der Waals surface area contributed by atoms with Crippen LogP contribution in [0.25, 0.3) is 0 Å². The largest absolute Gasteiger partial charge is 0.370 e. The van der Waals surface area contributed by atoms with Gasteiger partial charge < -0.3 is 4.74 Å². The minimum Gasteiger partial charge on any atom is -0.370 e. The maximum atomic E-state index is 5.98. The zero-order valence-corrected chi connectivity index (χ0v) is 12.4. The highest BCUT2D eigenvalue weighted by Gasteiger charge is 2.29. The minimum atomic E-state index is 0.128. The molecule has 1 aliphatic rings. The Morgan fingerprint density at radius 1 is 1.05 bits per heavy atom. The second-order valence-electron chi connectivity index (χ2n) is 5.46. The fourth-order valence-corrected chi connectivity index (χ4v) is 2.81. The minimum absolute atomic E-state index is 0.128. The Bertz CT molecular complexity index is 544. The second kappa shape index (κ2) is 6.85. The molecule has 110 valence electrons. The molecule has 21 heavy (non-hydrogen) atoms. The van der Waals surface area contributed by atoms with E-state index in [0.717, 1.165) is 19.7 Å². The second-order valence-corrected chi connectivity index (χ2v) is 5.46. The molecular formula is C18H22N2O. The number of benzene rings is 2.